The van der Waals surface area contributed by atoms with Gasteiger partial charge in [0, 0.05) is 0 Å². The summed E-state index contributed by atoms with van der Waals surface area (Å²) < 4.78 is 19.0. The minimum atomic E-state index is -0.949. The van der Waals surface area contributed by atoms with Gasteiger partial charge in [0.05, 0.1) is 24.3 Å². The number of nitrogens with zero attached hydrogens (tertiary/aromatic N) is 1. The summed E-state index contributed by atoms with van der Waals surface area (Å²) in [5.41, 5.74) is 1.15. The highest BCUT2D eigenvalue weighted by Crippen LogP contribution is 2.27. The highest BCUT2D eigenvalue weighted by Gasteiger charge is 2.42. The van der Waals surface area contributed by atoms with E-state index < -0.39 is 35.6 Å². The van der Waals surface area contributed by atoms with Crippen molar-refractivity contribution in [1.29, 1.82) is 0 Å². The fourth-order valence-electron chi connectivity index (χ4n) is 3.44. The molecule has 2 aromatic rings. The standard InChI is InChI=1S/C22H23FN2O4S/c1-13(14-8-9-19(29-2)17(23)12-14)24-20(26)18(10-11-30-3)25-21(27)15-6-4-5-7-16(15)22(25)28/h4-9,12-13,18H,10-11H2,1-3H3,(H,24,26)/t13-,18+/m1/s1. The summed E-state index contributed by atoms with van der Waals surface area (Å²) in [5, 5.41) is 2.81. The van der Waals surface area contributed by atoms with Gasteiger partial charge in [-0.3, -0.25) is 19.3 Å². The average Bonchev–Trinajstić information content (AvgIpc) is 2.99. The molecule has 30 heavy (non-hydrogen) atoms. The molecule has 0 saturated heterocycles. The lowest BCUT2D eigenvalue weighted by atomic mass is 10.1. The summed E-state index contributed by atoms with van der Waals surface area (Å²) >= 11 is 1.52. The number of ether oxygens (including phenoxy) is 1. The molecular formula is C22H23FN2O4S. The molecule has 0 aliphatic carbocycles. The maximum Gasteiger partial charge on any atom is 0.262 e. The highest BCUT2D eigenvalue weighted by molar-refractivity contribution is 7.98. The minimum Gasteiger partial charge on any atom is -0.494 e. The van der Waals surface area contributed by atoms with Crippen molar-refractivity contribution < 1.29 is 23.5 Å². The van der Waals surface area contributed by atoms with Crippen molar-refractivity contribution in [1.82, 2.24) is 10.2 Å². The first-order valence-corrected chi connectivity index (χ1v) is 10.9. The molecule has 3 amide bonds. The summed E-state index contributed by atoms with van der Waals surface area (Å²) in [6.07, 6.45) is 2.21. The maximum atomic E-state index is 14.0. The molecule has 3 rings (SSSR count). The van der Waals surface area contributed by atoms with E-state index in [-0.39, 0.29) is 5.75 Å². The van der Waals surface area contributed by atoms with Gasteiger partial charge in [0.1, 0.15) is 6.04 Å². The number of thioether (sulfide) groups is 1. The second-order valence-corrected chi connectivity index (χ2v) is 7.93. The molecule has 1 N–H and O–H groups in total. The van der Waals surface area contributed by atoms with Crippen LogP contribution in [0.3, 0.4) is 0 Å². The molecule has 0 fully saturated rings. The number of rotatable bonds is 8. The van der Waals surface area contributed by atoms with Gasteiger partial charge in [-0.25, -0.2) is 4.39 Å². The van der Waals surface area contributed by atoms with Crippen LogP contribution in [0.15, 0.2) is 42.5 Å². The van der Waals surface area contributed by atoms with Crippen molar-refractivity contribution >= 4 is 29.5 Å². The Balaban J connectivity index is 1.82. The molecule has 0 aromatic heterocycles. The summed E-state index contributed by atoms with van der Waals surface area (Å²) in [4.78, 5) is 39.8. The molecule has 158 valence electrons. The quantitative estimate of drug-likeness (QED) is 0.650. The third kappa shape index (κ3) is 4.18. The summed E-state index contributed by atoms with van der Waals surface area (Å²) in [6.45, 7) is 1.72. The Kier molecular flexibility index (Phi) is 6.77. The van der Waals surface area contributed by atoms with Gasteiger partial charge in [0.25, 0.3) is 11.8 Å². The number of halogens is 1. The van der Waals surface area contributed by atoms with E-state index in [9.17, 15) is 18.8 Å². The topological polar surface area (TPSA) is 75.7 Å². The minimum absolute atomic E-state index is 0.112. The van der Waals surface area contributed by atoms with Crippen LogP contribution in [0.2, 0.25) is 0 Å². The number of imide groups is 1. The Labute approximate surface area is 178 Å². The Hall–Kier alpha value is -2.87. The largest absolute Gasteiger partial charge is 0.494 e. The SMILES string of the molecule is COc1ccc([C@@H](C)NC(=O)[C@H](CCSC)N2C(=O)c3ccccc3C2=O)cc1F. The van der Waals surface area contributed by atoms with Crippen molar-refractivity contribution in [3.05, 3.63) is 65.0 Å². The predicted molar refractivity (Wildman–Crippen MR) is 113 cm³/mol. The fraction of sp³-hybridized carbons (Fsp3) is 0.318. The van der Waals surface area contributed by atoms with Gasteiger partial charge in [0.2, 0.25) is 5.91 Å². The van der Waals surface area contributed by atoms with E-state index in [1.54, 1.807) is 37.3 Å². The highest BCUT2D eigenvalue weighted by atomic mass is 32.2. The molecule has 1 aliphatic heterocycles. The Morgan fingerprint density at radius 2 is 1.80 bits per heavy atom. The van der Waals surface area contributed by atoms with Crippen molar-refractivity contribution in [3.8, 4) is 5.75 Å². The van der Waals surface area contributed by atoms with E-state index in [2.05, 4.69) is 5.32 Å². The van der Waals surface area contributed by atoms with E-state index in [1.807, 2.05) is 6.26 Å². The second kappa shape index (κ2) is 9.30. The van der Waals surface area contributed by atoms with Crippen LogP contribution < -0.4 is 10.1 Å². The number of methoxy groups -OCH3 is 1. The average molecular weight is 431 g/mol. The molecule has 1 aliphatic rings. The smallest absolute Gasteiger partial charge is 0.262 e. The van der Waals surface area contributed by atoms with Crippen molar-refractivity contribution in [3.63, 3.8) is 0 Å². The van der Waals surface area contributed by atoms with Crippen molar-refractivity contribution in [2.45, 2.75) is 25.4 Å². The van der Waals surface area contributed by atoms with Gasteiger partial charge in [-0.2, -0.15) is 11.8 Å². The monoisotopic (exact) mass is 430 g/mol. The molecule has 0 radical (unpaired) electrons. The molecule has 0 bridgehead atoms. The molecular weight excluding hydrogens is 407 g/mol. The van der Waals surface area contributed by atoms with E-state index in [1.165, 1.54) is 31.0 Å². The molecule has 1 heterocycles. The maximum absolute atomic E-state index is 14.0. The number of carbonyl (C=O) groups excluding carboxylic acids is 3. The molecule has 0 unspecified atom stereocenters. The molecule has 6 nitrogen and oxygen atoms in total. The van der Waals surface area contributed by atoms with Crippen LogP contribution in [0.25, 0.3) is 0 Å². The zero-order valence-electron chi connectivity index (χ0n) is 17.0. The number of fused-ring (bicyclic) bond motifs is 1. The molecule has 2 aromatic carbocycles. The van der Waals surface area contributed by atoms with Crippen LogP contribution in [0.1, 0.15) is 45.7 Å². The molecule has 0 saturated carbocycles. The van der Waals surface area contributed by atoms with Crippen LogP contribution in [0, 0.1) is 5.82 Å². The Morgan fingerprint density at radius 3 is 2.33 bits per heavy atom. The molecule has 0 spiro atoms. The third-order valence-electron chi connectivity index (χ3n) is 5.07. The van der Waals surface area contributed by atoms with E-state index in [0.29, 0.717) is 28.9 Å². The van der Waals surface area contributed by atoms with Gasteiger partial charge < -0.3 is 10.1 Å². The summed E-state index contributed by atoms with van der Waals surface area (Å²) in [5.74, 6) is -1.23. The number of hydrogen-bond donors (Lipinski definition) is 1. The number of nitrogens with one attached hydrogen (secondary N) is 1. The van der Waals surface area contributed by atoms with E-state index in [0.717, 1.165) is 4.90 Å². The zero-order valence-corrected chi connectivity index (χ0v) is 17.8. The lowest BCUT2D eigenvalue weighted by molar-refractivity contribution is -0.125. The Morgan fingerprint density at radius 1 is 1.17 bits per heavy atom. The van der Waals surface area contributed by atoms with Crippen LogP contribution in [0.4, 0.5) is 4.39 Å². The van der Waals surface area contributed by atoms with Crippen LogP contribution in [-0.2, 0) is 4.79 Å². The molecule has 2 atom stereocenters. The lowest BCUT2D eigenvalue weighted by Gasteiger charge is -2.27. The van der Waals surface area contributed by atoms with Gasteiger partial charge in [0.15, 0.2) is 11.6 Å². The number of carbonyl (C=O) groups is 3. The third-order valence-corrected chi connectivity index (χ3v) is 5.71. The van der Waals surface area contributed by atoms with Crippen LogP contribution in [0.5, 0.6) is 5.75 Å². The van der Waals surface area contributed by atoms with Gasteiger partial charge >= 0.3 is 0 Å². The van der Waals surface area contributed by atoms with Gasteiger partial charge in [-0.1, -0.05) is 18.2 Å². The van der Waals surface area contributed by atoms with Gasteiger partial charge in [-0.05, 0) is 55.2 Å². The van der Waals surface area contributed by atoms with Crippen LogP contribution in [-0.4, -0.2) is 47.8 Å². The summed E-state index contributed by atoms with van der Waals surface area (Å²) in [6, 6.07) is 9.51. The first-order chi connectivity index (χ1) is 14.4. The van der Waals surface area contributed by atoms with Crippen LogP contribution >= 0.6 is 11.8 Å². The first-order valence-electron chi connectivity index (χ1n) is 9.48. The van der Waals surface area contributed by atoms with Crippen molar-refractivity contribution in [2.75, 3.05) is 19.1 Å². The normalized spacial score (nSPS) is 15.0. The fourth-order valence-corrected chi connectivity index (χ4v) is 3.90. The number of benzene rings is 2. The van der Waals surface area contributed by atoms with Gasteiger partial charge in [-0.15, -0.1) is 0 Å². The zero-order chi connectivity index (χ0) is 21.8. The van der Waals surface area contributed by atoms with E-state index in [4.69, 9.17) is 4.74 Å². The second-order valence-electron chi connectivity index (χ2n) is 6.95. The first kappa shape index (κ1) is 21.8. The van der Waals surface area contributed by atoms with E-state index >= 15 is 0 Å². The number of hydrogen-bond acceptors (Lipinski definition) is 5. The Bertz CT molecular complexity index is 946. The summed E-state index contributed by atoms with van der Waals surface area (Å²) in [7, 11) is 1.38. The predicted octanol–water partition coefficient (Wildman–Crippen LogP) is 3.43. The number of amides is 3. The molecule has 8 heteroatoms. The lowest BCUT2D eigenvalue weighted by Crippen LogP contribution is -2.50. The van der Waals surface area contributed by atoms with Crippen molar-refractivity contribution in [2.24, 2.45) is 0 Å².